The van der Waals surface area contributed by atoms with Crippen LogP contribution in [0.3, 0.4) is 0 Å². The fraction of sp³-hybridized carbons (Fsp3) is 0.133. The predicted molar refractivity (Wildman–Crippen MR) is 165 cm³/mol. The molecule has 0 aromatic heterocycles. The Kier molecular flexibility index (Phi) is 12.2. The fourth-order valence-corrected chi connectivity index (χ4v) is 3.62. The van der Waals surface area contributed by atoms with Crippen molar-refractivity contribution in [2.24, 2.45) is 9.98 Å². The largest absolute Gasteiger partial charge is 0.373 e. The van der Waals surface area contributed by atoms with Crippen LogP contribution in [0.2, 0.25) is 0 Å². The molecule has 0 aliphatic rings. The lowest BCUT2D eigenvalue weighted by Crippen LogP contribution is -2.19. The van der Waals surface area contributed by atoms with Gasteiger partial charge in [0.1, 0.15) is 11.7 Å². The summed E-state index contributed by atoms with van der Waals surface area (Å²) in [6.07, 6.45) is 6.43. The van der Waals surface area contributed by atoms with Crippen molar-refractivity contribution in [3.63, 3.8) is 0 Å². The number of halogens is 1. The minimum atomic E-state index is -0.228. The Labute approximate surface area is 235 Å². The normalized spacial score (nSPS) is 11.7. The monoisotopic (exact) mass is 544 g/mol. The Morgan fingerprint density at radius 1 is 0.590 bits per heavy atom. The number of carbonyl (C=O) groups excluding carboxylic acids is 2. The molecule has 0 aliphatic heterocycles. The van der Waals surface area contributed by atoms with E-state index >= 15 is 0 Å². The Bertz CT molecular complexity index is 1250. The van der Waals surface area contributed by atoms with Crippen LogP contribution >= 0.6 is 12.4 Å². The molecular formula is C30H33ClN6O2. The molecule has 0 atom stereocenters. The number of benzene rings is 3. The fourth-order valence-electron chi connectivity index (χ4n) is 3.62. The van der Waals surface area contributed by atoms with Crippen molar-refractivity contribution in [1.82, 2.24) is 10.6 Å². The molecule has 0 unspecified atom stereocenters. The first-order chi connectivity index (χ1) is 18.4. The molecule has 202 valence electrons. The van der Waals surface area contributed by atoms with Gasteiger partial charge in [0.2, 0.25) is 11.8 Å². The molecule has 3 aromatic carbocycles. The van der Waals surface area contributed by atoms with Crippen LogP contribution in [0.1, 0.15) is 22.3 Å². The van der Waals surface area contributed by atoms with Crippen molar-refractivity contribution in [2.45, 2.75) is 0 Å². The zero-order valence-electron chi connectivity index (χ0n) is 22.4. The lowest BCUT2D eigenvalue weighted by Gasteiger charge is -2.07. The van der Waals surface area contributed by atoms with Crippen LogP contribution in [-0.4, -0.2) is 51.7 Å². The minimum Gasteiger partial charge on any atom is -0.373 e. The number of nitrogens with zero attached hydrogens (tertiary/aromatic N) is 2. The molecule has 0 heterocycles. The van der Waals surface area contributed by atoms with E-state index in [1.807, 2.05) is 86.9 Å². The number of anilines is 2. The van der Waals surface area contributed by atoms with E-state index in [2.05, 4.69) is 31.3 Å². The lowest BCUT2D eigenvalue weighted by atomic mass is 10.1. The summed E-state index contributed by atoms with van der Waals surface area (Å²) < 4.78 is 0. The van der Waals surface area contributed by atoms with E-state index in [-0.39, 0.29) is 24.2 Å². The number of carbonyl (C=O) groups is 2. The quantitative estimate of drug-likeness (QED) is 0.189. The second-order valence-electron chi connectivity index (χ2n) is 8.11. The van der Waals surface area contributed by atoms with E-state index in [0.717, 1.165) is 33.9 Å². The van der Waals surface area contributed by atoms with Crippen LogP contribution in [-0.2, 0) is 9.59 Å². The highest BCUT2D eigenvalue weighted by molar-refractivity contribution is 6.04. The zero-order valence-corrected chi connectivity index (χ0v) is 23.2. The van der Waals surface area contributed by atoms with Crippen molar-refractivity contribution in [3.8, 4) is 0 Å². The summed E-state index contributed by atoms with van der Waals surface area (Å²) >= 11 is 0. The highest BCUT2D eigenvalue weighted by Crippen LogP contribution is 2.13. The van der Waals surface area contributed by atoms with E-state index in [9.17, 15) is 9.59 Å². The molecule has 3 aromatic rings. The molecule has 3 rings (SSSR count). The van der Waals surface area contributed by atoms with Gasteiger partial charge in [-0.2, -0.15) is 0 Å². The van der Waals surface area contributed by atoms with E-state index < -0.39 is 0 Å². The number of amidine groups is 2. The Balaban J connectivity index is 0.00000533. The first-order valence-electron chi connectivity index (χ1n) is 12.0. The molecule has 0 spiro atoms. The van der Waals surface area contributed by atoms with E-state index in [1.165, 1.54) is 12.2 Å². The Morgan fingerprint density at radius 3 is 1.21 bits per heavy atom. The average molecular weight is 545 g/mol. The van der Waals surface area contributed by atoms with Crippen molar-refractivity contribution >= 4 is 59.4 Å². The number of hydrogen-bond acceptors (Lipinski definition) is 4. The number of aliphatic imine (C=N–C) groups is 2. The maximum atomic E-state index is 12.3. The summed E-state index contributed by atoms with van der Waals surface area (Å²) in [5.41, 5.74) is 5.01. The van der Waals surface area contributed by atoms with Gasteiger partial charge in [-0.15, -0.1) is 12.4 Å². The van der Waals surface area contributed by atoms with Crippen LogP contribution in [0.4, 0.5) is 11.4 Å². The summed E-state index contributed by atoms with van der Waals surface area (Å²) in [4.78, 5) is 32.9. The van der Waals surface area contributed by atoms with Gasteiger partial charge in [-0.25, -0.2) is 0 Å². The van der Waals surface area contributed by atoms with E-state index in [0.29, 0.717) is 11.4 Å². The summed E-state index contributed by atoms with van der Waals surface area (Å²) in [5, 5.41) is 11.7. The molecule has 9 heteroatoms. The van der Waals surface area contributed by atoms with Crippen molar-refractivity contribution in [3.05, 3.63) is 107 Å². The topological polar surface area (TPSA) is 107 Å². The highest BCUT2D eigenvalue weighted by atomic mass is 35.5. The molecule has 8 nitrogen and oxygen atoms in total. The number of nitrogens with one attached hydrogen (secondary N) is 4. The molecule has 2 amide bonds. The molecular weight excluding hydrogens is 512 g/mol. The van der Waals surface area contributed by atoms with Crippen LogP contribution in [0.5, 0.6) is 0 Å². The standard InChI is InChI=1S/C30H32N6O2.ClH/c1-31-29(32-2)23-11-15-25(16-12-23)35-27(37)19-9-21-5-7-22(8-6-21)10-20-28(38)36-26-17-13-24(14-18-26)30(33-3)34-4;/h5-20H,1-4H3,(H,31,32)(H,33,34)(H,35,37)(H,36,38);1H/b19-9-,20-10+;. The van der Waals surface area contributed by atoms with Gasteiger partial charge >= 0.3 is 0 Å². The first-order valence-corrected chi connectivity index (χ1v) is 12.0. The summed E-state index contributed by atoms with van der Waals surface area (Å²) in [6, 6.07) is 22.4. The molecule has 0 radical (unpaired) electrons. The van der Waals surface area contributed by atoms with Gasteiger partial charge in [0.25, 0.3) is 0 Å². The van der Waals surface area contributed by atoms with Gasteiger partial charge in [-0.1, -0.05) is 24.3 Å². The van der Waals surface area contributed by atoms with E-state index in [1.54, 1.807) is 26.2 Å². The van der Waals surface area contributed by atoms with Gasteiger partial charge in [0.15, 0.2) is 0 Å². The zero-order chi connectivity index (χ0) is 27.3. The van der Waals surface area contributed by atoms with Gasteiger partial charge in [-0.05, 0) is 71.8 Å². The van der Waals surface area contributed by atoms with Crippen molar-refractivity contribution in [1.29, 1.82) is 0 Å². The molecule has 0 bridgehead atoms. The van der Waals surface area contributed by atoms with Gasteiger partial charge in [0.05, 0.1) is 0 Å². The number of hydrogen-bond donors (Lipinski definition) is 4. The molecule has 39 heavy (non-hydrogen) atoms. The summed E-state index contributed by atoms with van der Waals surface area (Å²) in [6.45, 7) is 0. The predicted octanol–water partition coefficient (Wildman–Crippen LogP) is 4.60. The second kappa shape index (κ2) is 15.5. The average Bonchev–Trinajstić information content (AvgIpc) is 2.94. The SMILES string of the molecule is CN=C(NC)c1ccc(NC(=O)/C=C\c2ccc(/C=C/C(=O)Nc3ccc(C(=NC)NC)cc3)cc2)cc1.Cl. The molecule has 0 saturated carbocycles. The Hall–Kier alpha value is -4.69. The molecule has 4 N–H and O–H groups in total. The van der Waals surface area contributed by atoms with Gasteiger partial charge in [0, 0.05) is 62.8 Å². The lowest BCUT2D eigenvalue weighted by molar-refractivity contribution is -0.112. The third-order valence-electron chi connectivity index (χ3n) is 5.56. The summed E-state index contributed by atoms with van der Waals surface area (Å²) in [7, 11) is 7.06. The number of rotatable bonds is 8. The molecule has 0 fully saturated rings. The smallest absolute Gasteiger partial charge is 0.248 e. The number of amides is 2. The maximum absolute atomic E-state index is 12.3. The third kappa shape index (κ3) is 9.28. The maximum Gasteiger partial charge on any atom is 0.248 e. The van der Waals surface area contributed by atoms with Crippen molar-refractivity contribution < 1.29 is 9.59 Å². The molecule has 0 saturated heterocycles. The highest BCUT2D eigenvalue weighted by Gasteiger charge is 2.03. The second-order valence-corrected chi connectivity index (χ2v) is 8.11. The van der Waals surface area contributed by atoms with E-state index in [4.69, 9.17) is 0 Å². The Morgan fingerprint density at radius 2 is 0.923 bits per heavy atom. The van der Waals surface area contributed by atoms with Crippen LogP contribution in [0, 0.1) is 0 Å². The molecule has 0 aliphatic carbocycles. The third-order valence-corrected chi connectivity index (χ3v) is 5.56. The minimum absolute atomic E-state index is 0. The van der Waals surface area contributed by atoms with Crippen LogP contribution < -0.4 is 21.3 Å². The first kappa shape index (κ1) is 30.5. The summed E-state index contributed by atoms with van der Waals surface area (Å²) in [5.74, 6) is 1.10. The van der Waals surface area contributed by atoms with Gasteiger partial charge < -0.3 is 21.3 Å². The van der Waals surface area contributed by atoms with Gasteiger partial charge in [-0.3, -0.25) is 19.6 Å². The van der Waals surface area contributed by atoms with Crippen LogP contribution in [0.25, 0.3) is 12.2 Å². The van der Waals surface area contributed by atoms with Crippen LogP contribution in [0.15, 0.2) is 94.9 Å². The van der Waals surface area contributed by atoms with Crippen molar-refractivity contribution in [2.75, 3.05) is 38.8 Å².